The number of ether oxygens (including phenoxy) is 2. The van der Waals surface area contributed by atoms with Crippen LogP contribution in [0, 0.1) is 0 Å². The van der Waals surface area contributed by atoms with Crippen LogP contribution in [0.5, 0.6) is 0 Å². The molecule has 1 aliphatic rings. The molecule has 0 spiro atoms. The Kier molecular flexibility index (Phi) is 5.03. The van der Waals surface area contributed by atoms with Gasteiger partial charge in [0.1, 0.15) is 0 Å². The zero-order chi connectivity index (χ0) is 11.3. The molecule has 1 atom stereocenters. The lowest BCUT2D eigenvalue weighted by Gasteiger charge is -2.25. The second-order valence-corrected chi connectivity index (χ2v) is 4.61. The van der Waals surface area contributed by atoms with Crippen LogP contribution in [0.25, 0.3) is 0 Å². The normalized spacial score (nSPS) is 25.0. The minimum absolute atomic E-state index is 0.275. The smallest absolute Gasteiger partial charge is 0.168 e. The van der Waals surface area contributed by atoms with Crippen molar-refractivity contribution in [2.45, 2.75) is 51.4 Å². The first-order chi connectivity index (χ1) is 7.12. The average molecular weight is 215 g/mol. The largest absolute Gasteiger partial charge is 0.347 e. The maximum absolute atomic E-state index is 5.99. The molecule has 0 amide bonds. The Morgan fingerprint density at radius 1 is 1.27 bits per heavy atom. The van der Waals surface area contributed by atoms with Gasteiger partial charge in [-0.2, -0.15) is 0 Å². The summed E-state index contributed by atoms with van der Waals surface area (Å²) in [6.07, 6.45) is 4.51. The fourth-order valence-corrected chi connectivity index (χ4v) is 2.01. The van der Waals surface area contributed by atoms with E-state index in [1.165, 1.54) is 6.42 Å². The highest BCUT2D eigenvalue weighted by Crippen LogP contribution is 2.31. The Morgan fingerprint density at radius 2 is 1.93 bits per heavy atom. The molecule has 15 heavy (non-hydrogen) atoms. The van der Waals surface area contributed by atoms with Crippen molar-refractivity contribution >= 4 is 0 Å². The van der Waals surface area contributed by atoms with Crippen LogP contribution in [0.4, 0.5) is 0 Å². The highest BCUT2D eigenvalue weighted by Gasteiger charge is 2.37. The van der Waals surface area contributed by atoms with E-state index in [0.717, 1.165) is 32.4 Å². The van der Waals surface area contributed by atoms with Gasteiger partial charge in [-0.05, 0) is 46.3 Å². The van der Waals surface area contributed by atoms with Crippen molar-refractivity contribution in [2.24, 2.45) is 0 Å². The van der Waals surface area contributed by atoms with Gasteiger partial charge in [0, 0.05) is 0 Å². The van der Waals surface area contributed by atoms with Crippen LogP contribution in [0.15, 0.2) is 0 Å². The second kappa shape index (κ2) is 5.83. The van der Waals surface area contributed by atoms with Crippen molar-refractivity contribution in [1.82, 2.24) is 4.90 Å². The second-order valence-electron chi connectivity index (χ2n) is 4.61. The van der Waals surface area contributed by atoms with E-state index in [0.29, 0.717) is 6.10 Å². The van der Waals surface area contributed by atoms with Crippen molar-refractivity contribution in [1.29, 1.82) is 0 Å². The zero-order valence-corrected chi connectivity index (χ0v) is 10.6. The van der Waals surface area contributed by atoms with Crippen LogP contribution >= 0.6 is 0 Å². The Morgan fingerprint density at radius 3 is 2.40 bits per heavy atom. The van der Waals surface area contributed by atoms with E-state index in [1.807, 2.05) is 0 Å². The molecule has 0 bridgehead atoms. The first kappa shape index (κ1) is 12.9. The van der Waals surface area contributed by atoms with Gasteiger partial charge in [-0.15, -0.1) is 0 Å². The molecule has 0 saturated carbocycles. The topological polar surface area (TPSA) is 21.7 Å². The minimum Gasteiger partial charge on any atom is -0.347 e. The van der Waals surface area contributed by atoms with Crippen molar-refractivity contribution in [2.75, 3.05) is 27.2 Å². The number of hydrogen-bond acceptors (Lipinski definition) is 3. The number of hydrogen-bond donors (Lipinski definition) is 0. The van der Waals surface area contributed by atoms with Crippen molar-refractivity contribution in [3.8, 4) is 0 Å². The third kappa shape index (κ3) is 3.74. The summed E-state index contributed by atoms with van der Waals surface area (Å²) in [5, 5.41) is 0. The zero-order valence-electron chi connectivity index (χ0n) is 10.6. The predicted molar refractivity (Wildman–Crippen MR) is 61.9 cm³/mol. The monoisotopic (exact) mass is 215 g/mol. The number of nitrogens with zero attached hydrogens (tertiary/aromatic N) is 1. The van der Waals surface area contributed by atoms with Crippen LogP contribution in [0.3, 0.4) is 0 Å². The van der Waals surface area contributed by atoms with Gasteiger partial charge in [0.2, 0.25) is 0 Å². The molecule has 0 aromatic rings. The molecule has 1 heterocycles. The van der Waals surface area contributed by atoms with E-state index >= 15 is 0 Å². The summed E-state index contributed by atoms with van der Waals surface area (Å²) in [4.78, 5) is 2.21. The van der Waals surface area contributed by atoms with Crippen LogP contribution in [0.1, 0.15) is 39.5 Å². The van der Waals surface area contributed by atoms with E-state index in [-0.39, 0.29) is 5.79 Å². The molecule has 0 aromatic heterocycles. The molecule has 1 rings (SSSR count). The van der Waals surface area contributed by atoms with E-state index in [1.54, 1.807) is 0 Å². The van der Waals surface area contributed by atoms with E-state index in [2.05, 4.69) is 32.8 Å². The summed E-state index contributed by atoms with van der Waals surface area (Å²) in [5.74, 6) is -0.275. The molecule has 3 nitrogen and oxygen atoms in total. The molecule has 1 fully saturated rings. The van der Waals surface area contributed by atoms with Crippen LogP contribution < -0.4 is 0 Å². The maximum atomic E-state index is 5.99. The first-order valence-corrected chi connectivity index (χ1v) is 6.08. The molecule has 1 unspecified atom stereocenters. The Balaban J connectivity index is 2.24. The lowest BCUT2D eigenvalue weighted by Crippen LogP contribution is -2.29. The van der Waals surface area contributed by atoms with E-state index < -0.39 is 0 Å². The Hall–Kier alpha value is -0.120. The summed E-state index contributed by atoms with van der Waals surface area (Å²) in [7, 11) is 4.21. The van der Waals surface area contributed by atoms with Gasteiger partial charge in [0.05, 0.1) is 12.7 Å². The van der Waals surface area contributed by atoms with Gasteiger partial charge in [-0.25, -0.2) is 0 Å². The van der Waals surface area contributed by atoms with Gasteiger partial charge >= 0.3 is 0 Å². The van der Waals surface area contributed by atoms with Gasteiger partial charge in [0.15, 0.2) is 5.79 Å². The quantitative estimate of drug-likeness (QED) is 0.678. The molecule has 1 saturated heterocycles. The van der Waals surface area contributed by atoms with Gasteiger partial charge in [0.25, 0.3) is 0 Å². The standard InChI is InChI=1S/C12H25NO2/c1-5-12(6-2)14-10-11(15-12)8-7-9-13(3)4/h11H,5-10H2,1-4H3. The highest BCUT2D eigenvalue weighted by molar-refractivity contribution is 4.76. The minimum atomic E-state index is -0.275. The van der Waals surface area contributed by atoms with Crippen LogP contribution in [-0.4, -0.2) is 44.0 Å². The summed E-state index contributed by atoms with van der Waals surface area (Å²) in [5.41, 5.74) is 0. The van der Waals surface area contributed by atoms with Gasteiger partial charge in [-0.1, -0.05) is 13.8 Å². The van der Waals surface area contributed by atoms with Crippen molar-refractivity contribution in [3.63, 3.8) is 0 Å². The third-order valence-electron chi connectivity index (χ3n) is 3.12. The van der Waals surface area contributed by atoms with Crippen molar-refractivity contribution in [3.05, 3.63) is 0 Å². The predicted octanol–water partition coefficient (Wildman–Crippen LogP) is 2.26. The van der Waals surface area contributed by atoms with Gasteiger partial charge in [-0.3, -0.25) is 0 Å². The lowest BCUT2D eigenvalue weighted by atomic mass is 10.1. The molecule has 0 aliphatic carbocycles. The first-order valence-electron chi connectivity index (χ1n) is 6.08. The molecule has 0 aromatic carbocycles. The molecular weight excluding hydrogens is 190 g/mol. The molecule has 1 aliphatic heterocycles. The average Bonchev–Trinajstić information content (AvgIpc) is 2.62. The van der Waals surface area contributed by atoms with Crippen LogP contribution in [-0.2, 0) is 9.47 Å². The fraction of sp³-hybridized carbons (Fsp3) is 1.00. The Labute approximate surface area is 93.7 Å². The van der Waals surface area contributed by atoms with Gasteiger partial charge < -0.3 is 14.4 Å². The van der Waals surface area contributed by atoms with Crippen LogP contribution in [0.2, 0.25) is 0 Å². The van der Waals surface area contributed by atoms with Crippen molar-refractivity contribution < 1.29 is 9.47 Å². The maximum Gasteiger partial charge on any atom is 0.168 e. The molecule has 90 valence electrons. The third-order valence-corrected chi connectivity index (χ3v) is 3.12. The molecule has 3 heteroatoms. The van der Waals surface area contributed by atoms with E-state index in [4.69, 9.17) is 9.47 Å². The summed E-state index contributed by atoms with van der Waals surface area (Å²) >= 11 is 0. The Bertz CT molecular complexity index is 178. The highest BCUT2D eigenvalue weighted by atomic mass is 16.7. The molecular formula is C12H25NO2. The summed E-state index contributed by atoms with van der Waals surface area (Å²) in [6, 6.07) is 0. The van der Waals surface area contributed by atoms with E-state index in [9.17, 15) is 0 Å². The number of rotatable bonds is 6. The molecule has 0 N–H and O–H groups in total. The molecule has 0 radical (unpaired) electrons. The fourth-order valence-electron chi connectivity index (χ4n) is 2.01. The summed E-state index contributed by atoms with van der Waals surface area (Å²) < 4.78 is 11.8. The lowest BCUT2D eigenvalue weighted by molar-refractivity contribution is -0.172. The SMILES string of the molecule is CCC1(CC)OCC(CCCN(C)C)O1. The summed E-state index contributed by atoms with van der Waals surface area (Å²) in [6.45, 7) is 6.16.